The summed E-state index contributed by atoms with van der Waals surface area (Å²) >= 11 is 2.24. The molecule has 1 aliphatic heterocycles. The number of nitrogens with zero attached hydrogens (tertiary/aromatic N) is 2. The number of anilines is 1. The van der Waals surface area contributed by atoms with Gasteiger partial charge < -0.3 is 14.2 Å². The molecule has 1 aliphatic rings. The van der Waals surface area contributed by atoms with Crippen molar-refractivity contribution in [3.63, 3.8) is 0 Å². The fraction of sp³-hybridized carbons (Fsp3) is 0.533. The Morgan fingerprint density at radius 2 is 2.00 bits per heavy atom. The Hall–Kier alpha value is -0.560. The summed E-state index contributed by atoms with van der Waals surface area (Å²) in [5.41, 5.74) is 2.08. The largest absolute Gasteiger partial charge is 0.591 e. The van der Waals surface area contributed by atoms with Crippen molar-refractivity contribution in [3.05, 3.63) is 28.2 Å². The summed E-state index contributed by atoms with van der Waals surface area (Å²) in [5.74, 6) is 0. The van der Waals surface area contributed by atoms with Crippen molar-refractivity contribution in [1.29, 1.82) is 0 Å². The topological polar surface area (TPSA) is 47.9 Å². The lowest BCUT2D eigenvalue weighted by molar-refractivity contribution is 0.122. The molecule has 1 atom stereocenters. The van der Waals surface area contributed by atoms with Gasteiger partial charge in [-0.15, -0.1) is 0 Å². The second-order valence-corrected chi connectivity index (χ2v) is 8.75. The molecule has 6 heteroatoms. The van der Waals surface area contributed by atoms with Crippen molar-refractivity contribution in [2.45, 2.75) is 25.5 Å². The average Bonchev–Trinajstić information content (AvgIpc) is 2.44. The van der Waals surface area contributed by atoms with E-state index in [4.69, 9.17) is 4.74 Å². The Bertz CT molecular complexity index is 511. The van der Waals surface area contributed by atoms with Crippen LogP contribution in [0.5, 0.6) is 0 Å². The van der Waals surface area contributed by atoms with Crippen LogP contribution in [0.2, 0.25) is 0 Å². The van der Waals surface area contributed by atoms with E-state index in [1.165, 1.54) is 0 Å². The van der Waals surface area contributed by atoms with Gasteiger partial charge in [0.25, 0.3) is 0 Å². The van der Waals surface area contributed by atoms with Gasteiger partial charge in [-0.3, -0.25) is 0 Å². The zero-order valence-corrected chi connectivity index (χ0v) is 15.0. The molecule has 4 nitrogen and oxygen atoms in total. The molecule has 0 amide bonds. The maximum atomic E-state index is 12.1. The van der Waals surface area contributed by atoms with E-state index in [0.717, 1.165) is 42.0 Å². The summed E-state index contributed by atoms with van der Waals surface area (Å²) in [5, 5.41) is 0. The standard InChI is InChI=1S/C15H21BrN2O2S/c1-15(2,3)21(19)17-11-12-10-13(16)4-5-14(12)18-6-8-20-9-7-18/h4-5,10-11H,6-9H2,1-3H3/b17-11+. The second kappa shape index (κ2) is 7.13. The minimum absolute atomic E-state index is 0.346. The molecule has 2 rings (SSSR count). The number of ether oxygens (including phenoxy) is 1. The highest BCUT2D eigenvalue weighted by Crippen LogP contribution is 2.25. The lowest BCUT2D eigenvalue weighted by Crippen LogP contribution is -2.36. The second-order valence-electron chi connectivity index (χ2n) is 5.90. The van der Waals surface area contributed by atoms with Crippen LogP contribution in [0.25, 0.3) is 0 Å². The number of hydrogen-bond acceptors (Lipinski definition) is 4. The minimum atomic E-state index is -1.25. The zero-order chi connectivity index (χ0) is 15.5. The predicted octanol–water partition coefficient (Wildman–Crippen LogP) is 3.17. The van der Waals surface area contributed by atoms with E-state index in [1.54, 1.807) is 6.21 Å². The summed E-state index contributed by atoms with van der Waals surface area (Å²) in [4.78, 5) is 2.28. The van der Waals surface area contributed by atoms with E-state index in [2.05, 4.69) is 31.3 Å². The van der Waals surface area contributed by atoms with Gasteiger partial charge in [-0.05, 0) is 39.0 Å². The molecule has 1 aromatic rings. The first-order chi connectivity index (χ1) is 9.88. The Morgan fingerprint density at radius 1 is 1.33 bits per heavy atom. The molecule has 1 saturated heterocycles. The van der Waals surface area contributed by atoms with E-state index < -0.39 is 11.4 Å². The number of benzene rings is 1. The quantitative estimate of drug-likeness (QED) is 0.604. The molecule has 0 aliphatic carbocycles. The van der Waals surface area contributed by atoms with Crippen molar-refractivity contribution in [2.24, 2.45) is 4.40 Å². The summed E-state index contributed by atoms with van der Waals surface area (Å²) in [6.07, 6.45) is 1.72. The van der Waals surface area contributed by atoms with Crippen LogP contribution in [0, 0.1) is 0 Å². The maximum absolute atomic E-state index is 12.1. The van der Waals surface area contributed by atoms with Crippen LogP contribution < -0.4 is 4.90 Å². The normalized spacial score (nSPS) is 18.2. The van der Waals surface area contributed by atoms with Gasteiger partial charge in [-0.2, -0.15) is 0 Å². The molecule has 0 aromatic heterocycles. The predicted molar refractivity (Wildman–Crippen MR) is 92.7 cm³/mol. The number of rotatable bonds is 3. The Labute approximate surface area is 138 Å². The van der Waals surface area contributed by atoms with E-state index in [9.17, 15) is 4.55 Å². The Morgan fingerprint density at radius 3 is 2.62 bits per heavy atom. The fourth-order valence-corrected chi connectivity index (χ4v) is 2.89. The molecule has 1 aromatic carbocycles. The van der Waals surface area contributed by atoms with E-state index in [1.807, 2.05) is 32.9 Å². The third-order valence-corrected chi connectivity index (χ3v) is 4.99. The van der Waals surface area contributed by atoms with Gasteiger partial charge in [-0.25, -0.2) is 0 Å². The Balaban J connectivity index is 2.25. The van der Waals surface area contributed by atoms with Crippen LogP contribution in [0.1, 0.15) is 26.3 Å². The van der Waals surface area contributed by atoms with E-state index in [-0.39, 0.29) is 4.75 Å². The van der Waals surface area contributed by atoms with Crippen LogP contribution in [0.15, 0.2) is 27.1 Å². The van der Waals surface area contributed by atoms with Crippen molar-refractivity contribution < 1.29 is 9.29 Å². The number of halogens is 1. The molecule has 0 radical (unpaired) electrons. The molecular weight excluding hydrogens is 352 g/mol. The van der Waals surface area contributed by atoms with Gasteiger partial charge in [0, 0.05) is 28.8 Å². The number of morpholine rings is 1. The van der Waals surface area contributed by atoms with E-state index >= 15 is 0 Å². The van der Waals surface area contributed by atoms with Crippen molar-refractivity contribution in [2.75, 3.05) is 31.2 Å². The summed E-state index contributed by atoms with van der Waals surface area (Å²) in [7, 11) is 0. The highest BCUT2D eigenvalue weighted by atomic mass is 79.9. The zero-order valence-electron chi connectivity index (χ0n) is 12.6. The molecule has 1 unspecified atom stereocenters. The summed E-state index contributed by atoms with van der Waals surface area (Å²) < 4.78 is 22.3. The van der Waals surface area contributed by atoms with Gasteiger partial charge in [0.05, 0.1) is 19.4 Å². The molecule has 1 heterocycles. The van der Waals surface area contributed by atoms with Crippen molar-refractivity contribution >= 4 is 39.2 Å². The van der Waals surface area contributed by atoms with Crippen LogP contribution in [-0.2, 0) is 16.1 Å². The van der Waals surface area contributed by atoms with Crippen LogP contribution in [0.4, 0.5) is 5.69 Å². The minimum Gasteiger partial charge on any atom is -0.591 e. The lowest BCUT2D eigenvalue weighted by Gasteiger charge is -2.30. The van der Waals surface area contributed by atoms with Gasteiger partial charge >= 0.3 is 0 Å². The molecule has 0 bridgehead atoms. The fourth-order valence-electron chi connectivity index (χ4n) is 1.98. The van der Waals surface area contributed by atoms with Crippen LogP contribution in [0.3, 0.4) is 0 Å². The first-order valence-corrected chi connectivity index (χ1v) is 8.86. The highest BCUT2D eigenvalue weighted by molar-refractivity contribution is 9.10. The third kappa shape index (κ3) is 4.71. The Kier molecular flexibility index (Phi) is 5.71. The lowest BCUT2D eigenvalue weighted by atomic mass is 10.1. The van der Waals surface area contributed by atoms with Crippen molar-refractivity contribution in [1.82, 2.24) is 0 Å². The molecule has 1 fully saturated rings. The van der Waals surface area contributed by atoms with Gasteiger partial charge in [0.2, 0.25) is 0 Å². The molecule has 0 N–H and O–H groups in total. The maximum Gasteiger partial charge on any atom is 0.144 e. The molecule has 21 heavy (non-hydrogen) atoms. The molecule has 0 spiro atoms. The molecular formula is C15H21BrN2O2S. The highest BCUT2D eigenvalue weighted by Gasteiger charge is 2.26. The van der Waals surface area contributed by atoms with Crippen LogP contribution in [-0.4, -0.2) is 41.8 Å². The summed E-state index contributed by atoms with van der Waals surface area (Å²) in [6, 6.07) is 6.09. The third-order valence-electron chi connectivity index (χ3n) is 3.15. The number of hydrogen-bond donors (Lipinski definition) is 0. The van der Waals surface area contributed by atoms with E-state index in [0.29, 0.717) is 0 Å². The van der Waals surface area contributed by atoms with Crippen molar-refractivity contribution in [3.8, 4) is 0 Å². The van der Waals surface area contributed by atoms with Gasteiger partial charge in [-0.1, -0.05) is 20.3 Å². The summed E-state index contributed by atoms with van der Waals surface area (Å²) in [6.45, 7) is 8.97. The first kappa shape index (κ1) is 16.8. The van der Waals surface area contributed by atoms with Crippen LogP contribution >= 0.6 is 15.9 Å². The molecule has 116 valence electrons. The van der Waals surface area contributed by atoms with Gasteiger partial charge in [0.1, 0.15) is 16.1 Å². The average molecular weight is 373 g/mol. The van der Waals surface area contributed by atoms with Gasteiger partial charge in [0.15, 0.2) is 0 Å². The monoisotopic (exact) mass is 372 g/mol. The SMILES string of the molecule is CC(C)(C)[S+]([O-])/N=C/c1cc(Br)ccc1N1CCOCC1. The smallest absolute Gasteiger partial charge is 0.144 e. The molecule has 0 saturated carbocycles. The first-order valence-electron chi connectivity index (χ1n) is 6.96.